The molecule has 0 aliphatic carbocycles. The fourth-order valence-electron chi connectivity index (χ4n) is 1.43. The highest BCUT2D eigenvalue weighted by Crippen LogP contribution is 2.29. The van der Waals surface area contributed by atoms with Crippen LogP contribution in [0.5, 0.6) is 0 Å². The van der Waals surface area contributed by atoms with E-state index in [1.54, 1.807) is 0 Å². The molecule has 0 fully saturated rings. The number of imide groups is 1. The highest BCUT2D eigenvalue weighted by Gasteiger charge is 2.30. The van der Waals surface area contributed by atoms with Crippen molar-refractivity contribution in [1.29, 1.82) is 0 Å². The van der Waals surface area contributed by atoms with Gasteiger partial charge in [0.05, 0.1) is 12.1 Å². The van der Waals surface area contributed by atoms with Crippen LogP contribution in [-0.2, 0) is 22.3 Å². The minimum Gasteiger partial charge on any atom is -0.278 e. The Labute approximate surface area is 128 Å². The second-order valence-corrected chi connectivity index (χ2v) is 5.03. The van der Waals surface area contributed by atoms with Crippen molar-refractivity contribution in [3.63, 3.8) is 0 Å². The van der Waals surface area contributed by atoms with Crippen LogP contribution in [0.4, 0.5) is 13.2 Å². The predicted molar refractivity (Wildman–Crippen MR) is 72.5 cm³/mol. The number of alkyl halides is 3. The van der Waals surface area contributed by atoms with E-state index in [1.807, 2.05) is 0 Å². The van der Waals surface area contributed by atoms with Crippen LogP contribution >= 0.6 is 23.2 Å². The maximum absolute atomic E-state index is 12.4. The molecule has 0 aliphatic rings. The molecule has 0 atom stereocenters. The van der Waals surface area contributed by atoms with Crippen molar-refractivity contribution in [2.24, 2.45) is 0 Å². The molecule has 0 spiro atoms. The van der Waals surface area contributed by atoms with Gasteiger partial charge in [0.25, 0.3) is 5.91 Å². The lowest BCUT2D eigenvalue weighted by molar-refractivity contribution is -0.138. The van der Waals surface area contributed by atoms with Gasteiger partial charge in [-0.3, -0.25) is 14.5 Å². The van der Waals surface area contributed by atoms with Gasteiger partial charge in [0.2, 0.25) is 6.41 Å². The molecule has 1 aromatic rings. The molecule has 0 heterocycles. The van der Waals surface area contributed by atoms with Gasteiger partial charge in [-0.2, -0.15) is 13.2 Å². The lowest BCUT2D eigenvalue weighted by Crippen LogP contribution is -2.29. The third kappa shape index (κ3) is 4.75. The fourth-order valence-corrected chi connectivity index (χ4v) is 1.62. The maximum atomic E-state index is 12.4. The average Bonchev–Trinajstić information content (AvgIpc) is 2.42. The first-order valence-electron chi connectivity index (χ1n) is 5.61. The molecule has 1 aromatic carbocycles. The summed E-state index contributed by atoms with van der Waals surface area (Å²) >= 11 is 11.2. The number of hydrogen-bond donors (Lipinski definition) is 0. The topological polar surface area (TPSA) is 37.4 Å². The first kappa shape index (κ1) is 17.5. The SMILES string of the molecule is C/C(Cl)=C(/Cl)C(=O)N(C=O)Cc1ccc(C(F)(F)F)cc1. The van der Waals surface area contributed by atoms with Crippen molar-refractivity contribution < 1.29 is 22.8 Å². The van der Waals surface area contributed by atoms with Crippen LogP contribution in [0, 0.1) is 0 Å². The highest BCUT2D eigenvalue weighted by atomic mass is 35.5. The second kappa shape index (κ2) is 6.95. The van der Waals surface area contributed by atoms with E-state index in [4.69, 9.17) is 23.2 Å². The zero-order valence-electron chi connectivity index (χ0n) is 10.7. The largest absolute Gasteiger partial charge is 0.416 e. The molecule has 21 heavy (non-hydrogen) atoms. The van der Waals surface area contributed by atoms with E-state index in [0.29, 0.717) is 5.56 Å². The molecule has 0 saturated heterocycles. The first-order chi connectivity index (χ1) is 9.66. The van der Waals surface area contributed by atoms with Gasteiger partial charge in [-0.1, -0.05) is 35.3 Å². The Morgan fingerprint density at radius 1 is 1.24 bits per heavy atom. The molecule has 0 aliphatic heterocycles. The number of benzene rings is 1. The van der Waals surface area contributed by atoms with Crippen LogP contribution in [0.15, 0.2) is 34.3 Å². The Bertz CT molecular complexity index is 564. The summed E-state index contributed by atoms with van der Waals surface area (Å²) in [5.74, 6) is -0.820. The molecule has 114 valence electrons. The van der Waals surface area contributed by atoms with E-state index in [9.17, 15) is 22.8 Å². The minimum atomic E-state index is -4.44. The number of hydrogen-bond acceptors (Lipinski definition) is 2. The van der Waals surface area contributed by atoms with E-state index >= 15 is 0 Å². The van der Waals surface area contributed by atoms with Crippen LogP contribution in [0.3, 0.4) is 0 Å². The molecular weight excluding hydrogens is 330 g/mol. The molecule has 0 unspecified atom stereocenters. The molecule has 0 radical (unpaired) electrons. The number of rotatable bonds is 4. The first-order valence-corrected chi connectivity index (χ1v) is 6.36. The molecule has 8 heteroatoms. The number of carbonyl (C=O) groups excluding carboxylic acids is 2. The smallest absolute Gasteiger partial charge is 0.278 e. The lowest BCUT2D eigenvalue weighted by Gasteiger charge is -2.16. The van der Waals surface area contributed by atoms with Crippen LogP contribution in [0.1, 0.15) is 18.1 Å². The zero-order valence-corrected chi connectivity index (χ0v) is 12.3. The number of nitrogens with zero attached hydrogens (tertiary/aromatic N) is 1. The van der Waals surface area contributed by atoms with E-state index in [-0.39, 0.29) is 23.0 Å². The van der Waals surface area contributed by atoms with Crippen LogP contribution in [0.25, 0.3) is 0 Å². The fraction of sp³-hybridized carbons (Fsp3) is 0.231. The van der Waals surface area contributed by atoms with Gasteiger partial charge in [0.15, 0.2) is 0 Å². The number of carbonyl (C=O) groups is 2. The third-order valence-electron chi connectivity index (χ3n) is 2.51. The molecule has 0 bridgehead atoms. The van der Waals surface area contributed by atoms with Crippen molar-refractivity contribution in [1.82, 2.24) is 4.90 Å². The average molecular weight is 340 g/mol. The van der Waals surface area contributed by atoms with Gasteiger partial charge in [-0.25, -0.2) is 0 Å². The molecule has 0 aromatic heterocycles. The standard InChI is InChI=1S/C13H10Cl2F3NO2/c1-8(14)11(15)12(21)19(7-20)6-9-2-4-10(5-3-9)13(16,17)18/h2-5,7H,6H2,1H3/b11-8-. The maximum Gasteiger partial charge on any atom is 0.416 e. The van der Waals surface area contributed by atoms with Gasteiger partial charge in [-0.05, 0) is 24.6 Å². The third-order valence-corrected chi connectivity index (χ3v) is 3.24. The van der Waals surface area contributed by atoms with Crippen LogP contribution < -0.4 is 0 Å². The molecular formula is C13H10Cl2F3NO2. The van der Waals surface area contributed by atoms with Gasteiger partial charge >= 0.3 is 6.18 Å². The van der Waals surface area contributed by atoms with Crippen LogP contribution in [-0.4, -0.2) is 17.2 Å². The quantitative estimate of drug-likeness (QED) is 0.616. The van der Waals surface area contributed by atoms with Crippen LogP contribution in [0.2, 0.25) is 0 Å². The lowest BCUT2D eigenvalue weighted by atomic mass is 10.1. The summed E-state index contributed by atoms with van der Waals surface area (Å²) in [4.78, 5) is 23.4. The van der Waals surface area contributed by atoms with E-state index in [0.717, 1.165) is 17.0 Å². The summed E-state index contributed by atoms with van der Waals surface area (Å²) in [7, 11) is 0. The molecule has 1 rings (SSSR count). The second-order valence-electron chi connectivity index (χ2n) is 4.08. The van der Waals surface area contributed by atoms with E-state index in [1.165, 1.54) is 19.1 Å². The number of allylic oxidation sites excluding steroid dienone is 1. The number of halogens is 5. The summed E-state index contributed by atoms with van der Waals surface area (Å²) in [6.45, 7) is 1.17. The zero-order chi connectivity index (χ0) is 16.2. The van der Waals surface area contributed by atoms with Gasteiger partial charge < -0.3 is 0 Å². The molecule has 0 saturated carbocycles. The molecule has 0 N–H and O–H groups in total. The summed E-state index contributed by atoms with van der Waals surface area (Å²) < 4.78 is 37.2. The van der Waals surface area contributed by atoms with E-state index in [2.05, 4.69) is 0 Å². The van der Waals surface area contributed by atoms with Gasteiger partial charge in [0, 0.05) is 5.03 Å². The highest BCUT2D eigenvalue weighted by molar-refractivity contribution is 6.48. The van der Waals surface area contributed by atoms with Crippen molar-refractivity contribution >= 4 is 35.5 Å². The van der Waals surface area contributed by atoms with Crippen molar-refractivity contribution in [3.05, 3.63) is 45.5 Å². The summed E-state index contributed by atoms with van der Waals surface area (Å²) in [6.07, 6.45) is -4.21. The van der Waals surface area contributed by atoms with Gasteiger partial charge in [0.1, 0.15) is 5.03 Å². The van der Waals surface area contributed by atoms with Crippen molar-refractivity contribution in [2.45, 2.75) is 19.6 Å². The Balaban J connectivity index is 2.91. The Morgan fingerprint density at radius 3 is 2.14 bits per heavy atom. The Kier molecular flexibility index (Phi) is 5.80. The summed E-state index contributed by atoms with van der Waals surface area (Å²) in [5.41, 5.74) is -0.468. The summed E-state index contributed by atoms with van der Waals surface area (Å²) in [6, 6.07) is 4.09. The summed E-state index contributed by atoms with van der Waals surface area (Å²) in [5, 5.41) is -0.309. The normalized spacial score (nSPS) is 12.7. The minimum absolute atomic E-state index is 0.0148. The van der Waals surface area contributed by atoms with Crippen molar-refractivity contribution in [3.8, 4) is 0 Å². The van der Waals surface area contributed by atoms with Crippen molar-refractivity contribution in [2.75, 3.05) is 0 Å². The van der Waals surface area contributed by atoms with E-state index < -0.39 is 17.6 Å². The number of amides is 2. The monoisotopic (exact) mass is 339 g/mol. The van der Waals surface area contributed by atoms with Gasteiger partial charge in [-0.15, -0.1) is 0 Å². The molecule has 3 nitrogen and oxygen atoms in total. The Morgan fingerprint density at radius 2 is 1.76 bits per heavy atom. The molecule has 2 amide bonds. The Hall–Kier alpha value is -1.53. The predicted octanol–water partition coefficient (Wildman–Crippen LogP) is 3.90.